The van der Waals surface area contributed by atoms with E-state index < -0.39 is 0 Å². The van der Waals surface area contributed by atoms with E-state index >= 15 is 0 Å². The molecule has 0 aromatic heterocycles. The van der Waals surface area contributed by atoms with E-state index in [0.717, 1.165) is 43.8 Å². The Bertz CT molecular complexity index is 544. The molecule has 3 atom stereocenters. The van der Waals surface area contributed by atoms with Gasteiger partial charge in [0.25, 0.3) is 5.91 Å². The van der Waals surface area contributed by atoms with Crippen molar-refractivity contribution in [1.29, 1.82) is 0 Å². The van der Waals surface area contributed by atoms with Crippen LogP contribution in [0.1, 0.15) is 43.5 Å². The highest BCUT2D eigenvalue weighted by Crippen LogP contribution is 2.18. The molecule has 126 valence electrons. The van der Waals surface area contributed by atoms with Crippen molar-refractivity contribution in [3.8, 4) is 0 Å². The average molecular weight is 336 g/mol. The molecule has 0 spiro atoms. The van der Waals surface area contributed by atoms with Crippen LogP contribution in [0.5, 0.6) is 0 Å². The molecule has 2 heterocycles. The molecule has 1 unspecified atom stereocenters. The van der Waals surface area contributed by atoms with E-state index in [2.05, 4.69) is 13.8 Å². The Morgan fingerprint density at radius 3 is 2.43 bits per heavy atom. The van der Waals surface area contributed by atoms with Crippen molar-refractivity contribution in [2.24, 2.45) is 11.8 Å². The Morgan fingerprint density at radius 2 is 1.83 bits per heavy atom. The van der Waals surface area contributed by atoms with Gasteiger partial charge in [-0.2, -0.15) is 0 Å². The first kappa shape index (κ1) is 16.8. The van der Waals surface area contributed by atoms with Gasteiger partial charge in [0.2, 0.25) is 0 Å². The summed E-state index contributed by atoms with van der Waals surface area (Å²) in [7, 11) is 0. The van der Waals surface area contributed by atoms with Crippen LogP contribution in [0.25, 0.3) is 0 Å². The van der Waals surface area contributed by atoms with Crippen LogP contribution in [0.2, 0.25) is 5.02 Å². The number of hydrogen-bond donors (Lipinski definition) is 1. The molecule has 0 radical (unpaired) electrons. The summed E-state index contributed by atoms with van der Waals surface area (Å²) in [4.78, 5) is 16.4. The van der Waals surface area contributed by atoms with Gasteiger partial charge in [0.05, 0.1) is 19.1 Å². The lowest BCUT2D eigenvalue weighted by molar-refractivity contribution is -0.938. The Kier molecular flexibility index (Phi) is 5.27. The lowest BCUT2D eigenvalue weighted by Gasteiger charge is -2.41. The van der Waals surface area contributed by atoms with Crippen LogP contribution in [0.15, 0.2) is 24.3 Å². The van der Waals surface area contributed by atoms with Crippen LogP contribution < -0.4 is 4.90 Å². The van der Waals surface area contributed by atoms with Gasteiger partial charge in [-0.05, 0) is 24.6 Å². The van der Waals surface area contributed by atoms with Crippen LogP contribution in [-0.4, -0.2) is 43.0 Å². The number of halogens is 1. The van der Waals surface area contributed by atoms with Crippen molar-refractivity contribution >= 4 is 17.5 Å². The van der Waals surface area contributed by atoms with Gasteiger partial charge in [-0.15, -0.1) is 0 Å². The number of amides is 1. The number of hydrogen-bond acceptors (Lipinski definition) is 1. The maximum absolute atomic E-state index is 12.6. The zero-order valence-electron chi connectivity index (χ0n) is 14.2. The van der Waals surface area contributed by atoms with Gasteiger partial charge in [0.1, 0.15) is 0 Å². The summed E-state index contributed by atoms with van der Waals surface area (Å²) in [6, 6.07) is 8.02. The predicted octanol–water partition coefficient (Wildman–Crippen LogP) is 2.51. The van der Waals surface area contributed by atoms with Crippen LogP contribution in [0.4, 0.5) is 0 Å². The average Bonchev–Trinajstić information content (AvgIpc) is 2.53. The summed E-state index contributed by atoms with van der Waals surface area (Å²) in [5, 5.41) is 0.631. The molecule has 0 aliphatic carbocycles. The molecular weight excluding hydrogens is 308 g/mol. The molecule has 2 aliphatic heterocycles. The maximum atomic E-state index is 12.6. The van der Waals surface area contributed by atoms with E-state index in [1.54, 1.807) is 11.0 Å². The number of benzene rings is 1. The molecule has 3 rings (SSSR count). The number of nitrogens with one attached hydrogen (secondary N) is 1. The molecule has 4 heteroatoms. The molecule has 0 bridgehead atoms. The molecule has 2 fully saturated rings. The van der Waals surface area contributed by atoms with Crippen molar-refractivity contribution < 1.29 is 9.69 Å². The summed E-state index contributed by atoms with van der Waals surface area (Å²) in [6.07, 6.45) is 3.62. The lowest BCUT2D eigenvalue weighted by Crippen LogP contribution is -3.18. The third-order valence-electron chi connectivity index (χ3n) is 5.46. The predicted molar refractivity (Wildman–Crippen MR) is 94.0 cm³/mol. The zero-order chi connectivity index (χ0) is 16.4. The van der Waals surface area contributed by atoms with Gasteiger partial charge in [0.15, 0.2) is 0 Å². The van der Waals surface area contributed by atoms with Crippen LogP contribution >= 0.6 is 11.6 Å². The fourth-order valence-corrected chi connectivity index (χ4v) is 4.65. The maximum Gasteiger partial charge on any atom is 0.253 e. The second-order valence-electron chi connectivity index (χ2n) is 7.59. The van der Waals surface area contributed by atoms with E-state index in [4.69, 9.17) is 11.6 Å². The standard InChI is InChI=1S/C19H27ClN2O/c1-14-10-15(2)13-22(12-14)18-6-8-21(9-7-18)19(23)16-4-3-5-17(20)11-16/h3-5,11,14-15,18H,6-10,12-13H2,1-2H3/p+1/t14-,15+. The van der Waals surface area contributed by atoms with Gasteiger partial charge in [-0.3, -0.25) is 4.79 Å². The topological polar surface area (TPSA) is 24.8 Å². The summed E-state index contributed by atoms with van der Waals surface area (Å²) in [5.74, 6) is 1.79. The van der Waals surface area contributed by atoms with Gasteiger partial charge in [-0.1, -0.05) is 31.5 Å². The number of nitrogens with zero attached hydrogens (tertiary/aromatic N) is 1. The molecule has 23 heavy (non-hydrogen) atoms. The van der Waals surface area contributed by atoms with Crippen LogP contribution in [-0.2, 0) is 0 Å². The number of carbonyl (C=O) groups is 1. The van der Waals surface area contributed by atoms with Gasteiger partial charge >= 0.3 is 0 Å². The summed E-state index contributed by atoms with van der Waals surface area (Å²) >= 11 is 6.01. The number of likely N-dealkylation sites (tertiary alicyclic amines) is 2. The lowest BCUT2D eigenvalue weighted by atomic mass is 9.89. The molecule has 1 aromatic carbocycles. The van der Waals surface area contributed by atoms with E-state index in [1.807, 2.05) is 23.1 Å². The van der Waals surface area contributed by atoms with Gasteiger partial charge in [-0.25, -0.2) is 0 Å². The minimum absolute atomic E-state index is 0.126. The molecular formula is C19H28ClN2O+. The minimum atomic E-state index is 0.126. The van der Waals surface area contributed by atoms with Crippen molar-refractivity contribution in [1.82, 2.24) is 4.90 Å². The zero-order valence-corrected chi connectivity index (χ0v) is 15.0. The third kappa shape index (κ3) is 4.07. The number of rotatable bonds is 2. The largest absolute Gasteiger partial charge is 0.338 e. The van der Waals surface area contributed by atoms with E-state index in [1.165, 1.54) is 19.5 Å². The first-order chi connectivity index (χ1) is 11.0. The molecule has 3 nitrogen and oxygen atoms in total. The molecule has 1 aromatic rings. The van der Waals surface area contributed by atoms with Gasteiger partial charge in [0, 0.05) is 48.4 Å². The fraction of sp³-hybridized carbons (Fsp3) is 0.632. The smallest absolute Gasteiger partial charge is 0.253 e. The number of carbonyl (C=O) groups excluding carboxylic acids is 1. The second-order valence-corrected chi connectivity index (χ2v) is 8.03. The molecule has 1 N–H and O–H groups in total. The Morgan fingerprint density at radius 1 is 1.17 bits per heavy atom. The van der Waals surface area contributed by atoms with Gasteiger partial charge < -0.3 is 9.80 Å². The molecule has 1 amide bonds. The monoisotopic (exact) mass is 335 g/mol. The first-order valence-electron chi connectivity index (χ1n) is 8.92. The van der Waals surface area contributed by atoms with E-state index in [-0.39, 0.29) is 5.91 Å². The fourth-order valence-electron chi connectivity index (χ4n) is 4.46. The van der Waals surface area contributed by atoms with Crippen molar-refractivity contribution in [3.05, 3.63) is 34.9 Å². The second kappa shape index (κ2) is 7.23. The number of piperidine rings is 2. The summed E-state index contributed by atoms with van der Waals surface area (Å²) in [6.45, 7) is 9.12. The van der Waals surface area contributed by atoms with Crippen LogP contribution in [0, 0.1) is 11.8 Å². The van der Waals surface area contributed by atoms with Crippen molar-refractivity contribution in [2.45, 2.75) is 39.2 Å². The SMILES string of the molecule is C[C@@H]1C[C@H](C)C[NH+](C2CCN(C(=O)c3cccc(Cl)c3)CC2)C1. The van der Waals surface area contributed by atoms with E-state index in [9.17, 15) is 4.79 Å². The van der Waals surface area contributed by atoms with E-state index in [0.29, 0.717) is 10.6 Å². The van der Waals surface area contributed by atoms with Crippen molar-refractivity contribution in [3.63, 3.8) is 0 Å². The summed E-state index contributed by atoms with van der Waals surface area (Å²) in [5.41, 5.74) is 0.712. The highest BCUT2D eigenvalue weighted by atomic mass is 35.5. The van der Waals surface area contributed by atoms with Crippen LogP contribution in [0.3, 0.4) is 0 Å². The minimum Gasteiger partial charge on any atom is -0.338 e. The molecule has 2 saturated heterocycles. The normalized spacial score (nSPS) is 29.5. The Labute approximate surface area is 144 Å². The first-order valence-corrected chi connectivity index (χ1v) is 9.30. The van der Waals surface area contributed by atoms with Crippen molar-refractivity contribution in [2.75, 3.05) is 26.2 Å². The Hall–Kier alpha value is -1.06. The summed E-state index contributed by atoms with van der Waals surface area (Å²) < 4.78 is 0. The highest BCUT2D eigenvalue weighted by molar-refractivity contribution is 6.30. The Balaban J connectivity index is 1.57. The molecule has 0 saturated carbocycles. The third-order valence-corrected chi connectivity index (χ3v) is 5.69. The highest BCUT2D eigenvalue weighted by Gasteiger charge is 2.34. The number of quaternary nitrogens is 1. The molecule has 2 aliphatic rings. The quantitative estimate of drug-likeness (QED) is 0.882.